The van der Waals surface area contributed by atoms with Crippen molar-refractivity contribution >= 4 is 6.08 Å². The molecule has 0 aromatic carbocycles. The van der Waals surface area contributed by atoms with Crippen LogP contribution in [0.25, 0.3) is 6.08 Å². The molecule has 16 heavy (non-hydrogen) atoms. The monoisotopic (exact) mass is 207 g/mol. The van der Waals surface area contributed by atoms with Crippen molar-refractivity contribution in [3.8, 4) is 6.07 Å². The van der Waals surface area contributed by atoms with E-state index in [-0.39, 0.29) is 6.04 Å². The normalized spacial score (nSPS) is 20.8. The average Bonchev–Trinajstić information content (AvgIpc) is 2.38. The van der Waals surface area contributed by atoms with E-state index >= 15 is 0 Å². The molecule has 0 saturated heterocycles. The third-order valence-electron chi connectivity index (χ3n) is 2.80. The second kappa shape index (κ2) is 3.35. The Morgan fingerprint density at radius 2 is 2.25 bits per heavy atom. The van der Waals surface area contributed by atoms with Crippen LogP contribution in [0.4, 0.5) is 0 Å². The average molecular weight is 207 g/mol. The number of aromatic nitrogens is 1. The number of nitrogens with one attached hydrogen (secondary N) is 1. The van der Waals surface area contributed by atoms with Crippen molar-refractivity contribution in [2.24, 2.45) is 0 Å². The van der Waals surface area contributed by atoms with Gasteiger partial charge in [0.25, 0.3) is 0 Å². The van der Waals surface area contributed by atoms with E-state index in [4.69, 9.17) is 5.26 Å². The zero-order valence-electron chi connectivity index (χ0n) is 8.51. The van der Waals surface area contributed by atoms with Crippen molar-refractivity contribution in [1.29, 1.82) is 5.26 Å². The fraction of sp³-hybridized carbons (Fsp3) is 0.0769. The largest absolute Gasteiger partial charge is 0.364 e. The van der Waals surface area contributed by atoms with E-state index in [1.807, 2.05) is 18.2 Å². The molecule has 1 aromatic heterocycles. The molecule has 3 heteroatoms. The molecule has 0 fully saturated rings. The van der Waals surface area contributed by atoms with Crippen LogP contribution in [0.5, 0.6) is 0 Å². The Balaban J connectivity index is 2.12. The molecular weight excluding hydrogens is 198 g/mol. The molecule has 1 N–H and O–H groups in total. The van der Waals surface area contributed by atoms with Gasteiger partial charge in [0.05, 0.1) is 11.7 Å². The molecule has 1 aromatic rings. The lowest BCUT2D eigenvalue weighted by Crippen LogP contribution is -2.26. The third kappa shape index (κ3) is 1.24. The summed E-state index contributed by atoms with van der Waals surface area (Å²) < 4.78 is 0. The lowest BCUT2D eigenvalue weighted by Gasteiger charge is -2.27. The summed E-state index contributed by atoms with van der Waals surface area (Å²) in [6.07, 6.45) is 9.66. The van der Waals surface area contributed by atoms with E-state index in [2.05, 4.69) is 28.5 Å². The Kier molecular flexibility index (Phi) is 1.87. The summed E-state index contributed by atoms with van der Waals surface area (Å²) in [5.41, 5.74) is 3.82. The van der Waals surface area contributed by atoms with Crippen molar-refractivity contribution in [3.63, 3.8) is 0 Å². The number of rotatable bonds is 0. The maximum atomic E-state index is 8.88. The predicted molar refractivity (Wildman–Crippen MR) is 60.9 cm³/mol. The summed E-state index contributed by atoms with van der Waals surface area (Å²) in [6, 6.07) is 6.08. The van der Waals surface area contributed by atoms with E-state index in [1.165, 1.54) is 0 Å². The summed E-state index contributed by atoms with van der Waals surface area (Å²) in [6.45, 7) is 0. The minimum absolute atomic E-state index is 0.0147. The molecule has 1 atom stereocenters. The molecule has 1 aliphatic carbocycles. The molecule has 1 unspecified atom stereocenters. The third-order valence-corrected chi connectivity index (χ3v) is 2.80. The van der Waals surface area contributed by atoms with Gasteiger partial charge in [-0.1, -0.05) is 24.3 Å². The maximum Gasteiger partial charge on any atom is 0.117 e. The highest BCUT2D eigenvalue weighted by Crippen LogP contribution is 2.32. The van der Waals surface area contributed by atoms with Crippen molar-refractivity contribution < 1.29 is 0 Å². The minimum atomic E-state index is 0.0147. The molecule has 0 bridgehead atoms. The molecule has 3 rings (SSSR count). The van der Waals surface area contributed by atoms with Crippen LogP contribution in [-0.4, -0.2) is 4.98 Å². The van der Waals surface area contributed by atoms with Gasteiger partial charge < -0.3 is 5.32 Å². The van der Waals surface area contributed by atoms with Gasteiger partial charge in [0.1, 0.15) is 11.8 Å². The first kappa shape index (κ1) is 8.93. The molecular formula is C13H9N3. The second-order valence-corrected chi connectivity index (χ2v) is 3.75. The van der Waals surface area contributed by atoms with E-state index in [0.29, 0.717) is 5.70 Å². The van der Waals surface area contributed by atoms with Gasteiger partial charge in [-0.3, -0.25) is 4.98 Å². The van der Waals surface area contributed by atoms with Gasteiger partial charge in [0, 0.05) is 6.20 Å². The van der Waals surface area contributed by atoms with Crippen LogP contribution in [0, 0.1) is 11.3 Å². The van der Waals surface area contributed by atoms with Gasteiger partial charge in [-0.2, -0.15) is 5.26 Å². The zero-order chi connectivity index (χ0) is 11.0. The highest BCUT2D eigenvalue weighted by atomic mass is 15.0. The fourth-order valence-electron chi connectivity index (χ4n) is 2.01. The number of nitriles is 1. The van der Waals surface area contributed by atoms with Crippen LogP contribution >= 0.6 is 0 Å². The Morgan fingerprint density at radius 3 is 3.12 bits per heavy atom. The first-order valence-corrected chi connectivity index (χ1v) is 5.10. The van der Waals surface area contributed by atoms with Gasteiger partial charge in [-0.25, -0.2) is 0 Å². The van der Waals surface area contributed by atoms with Crippen LogP contribution in [0.2, 0.25) is 0 Å². The summed E-state index contributed by atoms with van der Waals surface area (Å²) in [4.78, 5) is 4.38. The standard InChI is InChI=1S/C13H9N3/c14-8-11-6-5-10-4-3-9-2-1-7-15-12(9)13(10)16-11/h1-7,13,16H. The van der Waals surface area contributed by atoms with Gasteiger partial charge in [0.2, 0.25) is 0 Å². The minimum Gasteiger partial charge on any atom is -0.364 e. The Morgan fingerprint density at radius 1 is 1.31 bits per heavy atom. The summed E-state index contributed by atoms with van der Waals surface area (Å²) in [5.74, 6) is 0. The lowest BCUT2D eigenvalue weighted by molar-refractivity contribution is 0.670. The highest BCUT2D eigenvalue weighted by molar-refractivity contribution is 5.63. The predicted octanol–water partition coefficient (Wildman–Crippen LogP) is 2.09. The SMILES string of the molecule is N#CC1=CC=C2C=Cc3cccnc3C2N1. The van der Waals surface area contributed by atoms with Crippen molar-refractivity contribution in [3.05, 3.63) is 59.1 Å². The Hall–Kier alpha value is -2.34. The molecule has 0 spiro atoms. The van der Waals surface area contributed by atoms with Crippen LogP contribution in [0.15, 0.2) is 47.8 Å². The number of hydrogen-bond acceptors (Lipinski definition) is 3. The molecule has 0 amide bonds. The highest BCUT2D eigenvalue weighted by Gasteiger charge is 2.24. The van der Waals surface area contributed by atoms with Gasteiger partial charge in [-0.05, 0) is 23.3 Å². The molecule has 2 aliphatic rings. The fourth-order valence-corrected chi connectivity index (χ4v) is 2.01. The molecule has 3 nitrogen and oxygen atoms in total. The van der Waals surface area contributed by atoms with Gasteiger partial charge in [-0.15, -0.1) is 0 Å². The first-order chi connectivity index (χ1) is 7.88. The smallest absolute Gasteiger partial charge is 0.117 e. The van der Waals surface area contributed by atoms with Crippen molar-refractivity contribution in [2.45, 2.75) is 6.04 Å². The number of hydrogen-bond donors (Lipinski definition) is 1. The van der Waals surface area contributed by atoms with Crippen LogP contribution in [0.1, 0.15) is 17.3 Å². The van der Waals surface area contributed by atoms with Crippen molar-refractivity contribution in [1.82, 2.24) is 10.3 Å². The van der Waals surface area contributed by atoms with Gasteiger partial charge >= 0.3 is 0 Å². The van der Waals surface area contributed by atoms with Crippen molar-refractivity contribution in [2.75, 3.05) is 0 Å². The van der Waals surface area contributed by atoms with E-state index in [0.717, 1.165) is 16.8 Å². The number of allylic oxidation sites excluding steroid dienone is 3. The first-order valence-electron chi connectivity index (χ1n) is 5.10. The lowest BCUT2D eigenvalue weighted by atomic mass is 9.91. The van der Waals surface area contributed by atoms with E-state index in [9.17, 15) is 0 Å². The van der Waals surface area contributed by atoms with E-state index < -0.39 is 0 Å². The summed E-state index contributed by atoms with van der Waals surface area (Å²) >= 11 is 0. The molecule has 0 saturated carbocycles. The topological polar surface area (TPSA) is 48.7 Å². The van der Waals surface area contributed by atoms with Crippen LogP contribution in [-0.2, 0) is 0 Å². The number of pyridine rings is 1. The maximum absolute atomic E-state index is 8.88. The zero-order valence-corrected chi connectivity index (χ0v) is 8.51. The number of nitrogens with zero attached hydrogens (tertiary/aromatic N) is 2. The molecule has 2 heterocycles. The van der Waals surface area contributed by atoms with E-state index in [1.54, 1.807) is 12.3 Å². The quantitative estimate of drug-likeness (QED) is 0.708. The van der Waals surface area contributed by atoms with Crippen LogP contribution < -0.4 is 5.32 Å². The number of fused-ring (bicyclic) bond motifs is 3. The molecule has 0 radical (unpaired) electrons. The summed E-state index contributed by atoms with van der Waals surface area (Å²) in [7, 11) is 0. The van der Waals surface area contributed by atoms with Gasteiger partial charge in [0.15, 0.2) is 0 Å². The Bertz CT molecular complexity index is 573. The molecule has 1 aliphatic heterocycles. The Labute approximate surface area is 93.4 Å². The summed E-state index contributed by atoms with van der Waals surface area (Å²) in [5, 5.41) is 12.1. The molecule has 76 valence electrons. The number of dihydropyridines is 1. The van der Waals surface area contributed by atoms with Crippen LogP contribution in [0.3, 0.4) is 0 Å². The second-order valence-electron chi connectivity index (χ2n) is 3.75.